The van der Waals surface area contributed by atoms with E-state index < -0.39 is 11.8 Å². The van der Waals surface area contributed by atoms with Crippen LogP contribution in [0.25, 0.3) is 5.70 Å². The molecule has 9 nitrogen and oxygen atoms in total. The van der Waals surface area contributed by atoms with E-state index in [0.717, 1.165) is 25.7 Å². The minimum Gasteiger partial charge on any atom is -0.493 e. The van der Waals surface area contributed by atoms with Gasteiger partial charge in [0.15, 0.2) is 11.5 Å². The van der Waals surface area contributed by atoms with Gasteiger partial charge in [0.05, 0.1) is 27.0 Å². The summed E-state index contributed by atoms with van der Waals surface area (Å²) in [4.78, 5) is 30.4. The molecule has 0 unspecified atom stereocenters. The number of amidine groups is 1. The third kappa shape index (κ3) is 5.66. The van der Waals surface area contributed by atoms with Gasteiger partial charge in [0.1, 0.15) is 17.5 Å². The van der Waals surface area contributed by atoms with Gasteiger partial charge in [0.25, 0.3) is 11.8 Å². The highest BCUT2D eigenvalue weighted by Crippen LogP contribution is 2.38. The molecule has 0 spiro atoms. The molecule has 1 aliphatic heterocycles. The third-order valence-corrected chi connectivity index (χ3v) is 5.71. The summed E-state index contributed by atoms with van der Waals surface area (Å²) in [6.45, 7) is 2.59. The first-order chi connectivity index (χ1) is 17.5. The highest BCUT2D eigenvalue weighted by Gasteiger charge is 2.27. The van der Waals surface area contributed by atoms with Crippen LogP contribution in [0.4, 0.5) is 0 Å². The van der Waals surface area contributed by atoms with Crippen LogP contribution in [-0.2, 0) is 4.79 Å². The number of carbonyl (C=O) groups is 2. The first-order valence-electron chi connectivity index (χ1n) is 11.7. The van der Waals surface area contributed by atoms with Crippen molar-refractivity contribution in [2.75, 3.05) is 27.9 Å². The van der Waals surface area contributed by atoms with Crippen LogP contribution in [-0.4, -0.2) is 45.5 Å². The number of nitriles is 1. The lowest BCUT2D eigenvalue weighted by Gasteiger charge is -2.14. The second-order valence-electron chi connectivity index (χ2n) is 8.03. The van der Waals surface area contributed by atoms with Crippen molar-refractivity contribution in [3.8, 4) is 23.3 Å². The first kappa shape index (κ1) is 26.3. The monoisotopic (exact) mass is 490 g/mol. The van der Waals surface area contributed by atoms with E-state index >= 15 is 0 Å². The molecule has 2 aromatic carbocycles. The molecule has 0 bridgehead atoms. The standard InChI is InChI=1S/C27H30N4O5/c1-5-6-7-10-13-29-27(33)20(16-28)23-18-11-8-9-12-19(18)25(30-23)31-26(32)17-14-21(34-2)24(36-4)22(15-17)35-3/h8-9,11-12,14-15H,5-7,10,13H2,1-4H3,(H,29,33)(H,30,31,32). The van der Waals surface area contributed by atoms with E-state index in [1.165, 1.54) is 33.5 Å². The number of methoxy groups -OCH3 is 3. The number of nitrogens with zero attached hydrogens (tertiary/aromatic N) is 2. The number of amides is 2. The van der Waals surface area contributed by atoms with E-state index in [0.29, 0.717) is 34.9 Å². The number of nitrogens with one attached hydrogen (secondary N) is 2. The molecule has 0 saturated carbocycles. The van der Waals surface area contributed by atoms with Crippen molar-refractivity contribution >= 4 is 23.3 Å². The Bertz CT molecular complexity index is 1220. The van der Waals surface area contributed by atoms with Crippen LogP contribution in [0.2, 0.25) is 0 Å². The summed E-state index contributed by atoms with van der Waals surface area (Å²) in [5, 5.41) is 15.4. The van der Waals surface area contributed by atoms with E-state index in [-0.39, 0.29) is 22.7 Å². The molecular weight excluding hydrogens is 460 g/mol. The number of carbonyl (C=O) groups excluding carboxylic acids is 2. The van der Waals surface area contributed by atoms with Crippen molar-refractivity contribution in [1.29, 1.82) is 5.26 Å². The molecular formula is C27H30N4O5. The van der Waals surface area contributed by atoms with E-state index in [1.54, 1.807) is 24.3 Å². The van der Waals surface area contributed by atoms with Crippen molar-refractivity contribution in [3.05, 3.63) is 58.7 Å². The lowest BCUT2D eigenvalue weighted by Crippen LogP contribution is -2.30. The van der Waals surface area contributed by atoms with Gasteiger partial charge in [0, 0.05) is 23.2 Å². The van der Waals surface area contributed by atoms with Crippen LogP contribution in [0.1, 0.15) is 54.1 Å². The topological polar surface area (TPSA) is 122 Å². The Morgan fingerprint density at radius 1 is 0.972 bits per heavy atom. The van der Waals surface area contributed by atoms with Crippen LogP contribution in [0.5, 0.6) is 17.2 Å². The zero-order chi connectivity index (χ0) is 26.1. The molecule has 2 N–H and O–H groups in total. The Hall–Kier alpha value is -4.32. The zero-order valence-electron chi connectivity index (χ0n) is 20.9. The Balaban J connectivity index is 1.91. The summed E-state index contributed by atoms with van der Waals surface area (Å²) in [7, 11) is 4.41. The molecule has 9 heteroatoms. The van der Waals surface area contributed by atoms with Gasteiger partial charge in [0.2, 0.25) is 5.75 Å². The summed E-state index contributed by atoms with van der Waals surface area (Å²) in [5.41, 5.74) is 1.58. The number of fused-ring (bicyclic) bond motifs is 1. The molecule has 0 fully saturated rings. The van der Waals surface area contributed by atoms with Gasteiger partial charge in [-0.1, -0.05) is 50.5 Å². The minimum absolute atomic E-state index is 0.102. The molecule has 188 valence electrons. The second kappa shape index (κ2) is 12.4. The second-order valence-corrected chi connectivity index (χ2v) is 8.03. The van der Waals surface area contributed by atoms with Crippen LogP contribution < -0.4 is 24.8 Å². The summed E-state index contributed by atoms with van der Waals surface area (Å²) in [6, 6.07) is 12.2. The van der Waals surface area contributed by atoms with Gasteiger partial charge >= 0.3 is 0 Å². The Morgan fingerprint density at radius 3 is 2.22 bits per heavy atom. The average molecular weight is 491 g/mol. The van der Waals surface area contributed by atoms with Gasteiger partial charge in [-0.05, 0) is 18.6 Å². The highest BCUT2D eigenvalue weighted by atomic mass is 16.5. The van der Waals surface area contributed by atoms with Gasteiger partial charge in [-0.3, -0.25) is 9.59 Å². The SMILES string of the molecule is CCCCCCNC(=O)C(C#N)=C1N=C(NC(=O)c2cc(OC)c(OC)c(OC)c2)c2ccccc21. The first-order valence-corrected chi connectivity index (χ1v) is 11.7. The smallest absolute Gasteiger partial charge is 0.264 e. The van der Waals surface area contributed by atoms with E-state index in [9.17, 15) is 14.9 Å². The lowest BCUT2D eigenvalue weighted by molar-refractivity contribution is -0.117. The summed E-state index contributed by atoms with van der Waals surface area (Å²) in [5.74, 6) is 0.313. The van der Waals surface area contributed by atoms with Crippen LogP contribution >= 0.6 is 0 Å². The maximum Gasteiger partial charge on any atom is 0.264 e. The molecule has 0 aromatic heterocycles. The van der Waals surface area contributed by atoms with Crippen molar-refractivity contribution in [3.63, 3.8) is 0 Å². The largest absolute Gasteiger partial charge is 0.493 e. The normalized spacial score (nSPS) is 13.1. The fourth-order valence-electron chi connectivity index (χ4n) is 3.86. The van der Waals surface area contributed by atoms with Crippen LogP contribution in [0.15, 0.2) is 47.0 Å². The molecule has 1 heterocycles. The van der Waals surface area contributed by atoms with Crippen molar-refractivity contribution in [1.82, 2.24) is 10.6 Å². The molecule has 0 atom stereocenters. The molecule has 0 radical (unpaired) electrons. The van der Waals surface area contributed by atoms with Crippen LogP contribution in [0.3, 0.4) is 0 Å². The molecule has 2 aromatic rings. The van der Waals surface area contributed by atoms with Gasteiger partial charge in [-0.25, -0.2) is 4.99 Å². The quantitative estimate of drug-likeness (QED) is 0.297. The molecule has 1 aliphatic rings. The predicted octanol–water partition coefficient (Wildman–Crippen LogP) is 3.83. The Kier molecular flexibility index (Phi) is 9.06. The molecule has 0 saturated heterocycles. The Morgan fingerprint density at radius 2 is 1.64 bits per heavy atom. The van der Waals surface area contributed by atoms with E-state index in [2.05, 4.69) is 22.5 Å². The summed E-state index contributed by atoms with van der Waals surface area (Å²) >= 11 is 0. The van der Waals surface area contributed by atoms with Crippen molar-refractivity contribution in [2.24, 2.45) is 4.99 Å². The number of benzene rings is 2. The maximum atomic E-state index is 13.1. The molecule has 0 aliphatic carbocycles. The number of aliphatic imine (C=N–C) groups is 1. The number of hydrogen-bond donors (Lipinski definition) is 2. The van der Waals surface area contributed by atoms with Crippen molar-refractivity contribution in [2.45, 2.75) is 32.6 Å². The van der Waals surface area contributed by atoms with Crippen molar-refractivity contribution < 1.29 is 23.8 Å². The fourth-order valence-corrected chi connectivity index (χ4v) is 3.86. The summed E-state index contributed by atoms with van der Waals surface area (Å²) in [6.07, 6.45) is 4.03. The molecule has 3 rings (SSSR count). The van der Waals surface area contributed by atoms with Gasteiger partial charge in [-0.15, -0.1) is 0 Å². The third-order valence-electron chi connectivity index (χ3n) is 5.71. The lowest BCUT2D eigenvalue weighted by atomic mass is 10.0. The average Bonchev–Trinajstić information content (AvgIpc) is 3.25. The maximum absolute atomic E-state index is 13.1. The minimum atomic E-state index is -0.486. The predicted molar refractivity (Wildman–Crippen MR) is 136 cm³/mol. The molecule has 36 heavy (non-hydrogen) atoms. The Labute approximate surface area is 210 Å². The number of rotatable bonds is 10. The van der Waals surface area contributed by atoms with Gasteiger partial charge in [-0.2, -0.15) is 5.26 Å². The highest BCUT2D eigenvalue weighted by molar-refractivity contribution is 6.20. The molecule has 2 amide bonds. The number of unbranched alkanes of at least 4 members (excludes halogenated alkanes) is 3. The van der Waals surface area contributed by atoms with Crippen LogP contribution in [0, 0.1) is 11.3 Å². The van der Waals surface area contributed by atoms with E-state index in [4.69, 9.17) is 14.2 Å². The fraction of sp³-hybridized carbons (Fsp3) is 0.333. The number of hydrogen-bond acceptors (Lipinski definition) is 7. The summed E-state index contributed by atoms with van der Waals surface area (Å²) < 4.78 is 16.0. The van der Waals surface area contributed by atoms with Gasteiger partial charge < -0.3 is 24.8 Å². The number of ether oxygens (including phenoxy) is 3. The van der Waals surface area contributed by atoms with E-state index in [1.807, 2.05) is 6.07 Å². The zero-order valence-corrected chi connectivity index (χ0v) is 20.9.